The fourth-order valence-corrected chi connectivity index (χ4v) is 3.60. The smallest absolute Gasteiger partial charge is 0.0224 e. The van der Waals surface area contributed by atoms with Gasteiger partial charge in [-0.3, -0.25) is 0 Å². The summed E-state index contributed by atoms with van der Waals surface area (Å²) in [7, 11) is 0. The van der Waals surface area contributed by atoms with Crippen molar-refractivity contribution in [1.82, 2.24) is 5.32 Å². The first-order chi connectivity index (χ1) is 6.61. The van der Waals surface area contributed by atoms with Crippen molar-refractivity contribution in [2.24, 2.45) is 11.8 Å². The van der Waals surface area contributed by atoms with Crippen molar-refractivity contribution in [2.75, 3.05) is 12.3 Å². The van der Waals surface area contributed by atoms with Crippen LogP contribution < -0.4 is 5.32 Å². The van der Waals surface area contributed by atoms with Crippen LogP contribution in [0.1, 0.15) is 40.5 Å². The molecule has 1 saturated heterocycles. The van der Waals surface area contributed by atoms with Gasteiger partial charge in [0.1, 0.15) is 0 Å². The van der Waals surface area contributed by atoms with Crippen LogP contribution in [0.3, 0.4) is 0 Å². The molecule has 1 aliphatic rings. The van der Waals surface area contributed by atoms with Crippen molar-refractivity contribution in [2.45, 2.75) is 51.8 Å². The van der Waals surface area contributed by atoms with Crippen LogP contribution >= 0.6 is 11.8 Å². The summed E-state index contributed by atoms with van der Waals surface area (Å²) in [5.74, 6) is 2.95. The van der Waals surface area contributed by atoms with E-state index in [-0.39, 0.29) is 0 Å². The number of hydrogen-bond acceptors (Lipinski definition) is 2. The van der Waals surface area contributed by atoms with Crippen molar-refractivity contribution in [1.29, 1.82) is 0 Å². The first-order valence-corrected chi connectivity index (χ1v) is 7.01. The Balaban J connectivity index is 2.54. The van der Waals surface area contributed by atoms with Gasteiger partial charge in [-0.2, -0.15) is 11.8 Å². The predicted molar refractivity (Wildman–Crippen MR) is 66.9 cm³/mol. The van der Waals surface area contributed by atoms with Crippen LogP contribution in [-0.2, 0) is 0 Å². The Bertz CT molecular complexity index is 156. The summed E-state index contributed by atoms with van der Waals surface area (Å²) in [6, 6.07) is 0.738. The minimum absolute atomic E-state index is 0.738. The molecule has 0 aromatic heterocycles. The summed E-state index contributed by atoms with van der Waals surface area (Å²) in [5.41, 5.74) is 0. The highest BCUT2D eigenvalue weighted by Gasteiger charge is 2.26. The van der Waals surface area contributed by atoms with E-state index in [2.05, 4.69) is 44.8 Å². The van der Waals surface area contributed by atoms with Gasteiger partial charge in [-0.1, -0.05) is 27.7 Å². The molecule has 1 aliphatic heterocycles. The standard InChI is InChI=1S/C12H25NS/c1-9(2)8-11-12(10(3)4)14-7-5-6-13-11/h9-13H,5-8H2,1-4H3. The van der Waals surface area contributed by atoms with Gasteiger partial charge >= 0.3 is 0 Å². The molecule has 84 valence electrons. The van der Waals surface area contributed by atoms with Crippen molar-refractivity contribution >= 4 is 11.8 Å². The highest BCUT2D eigenvalue weighted by molar-refractivity contribution is 7.99. The number of hydrogen-bond donors (Lipinski definition) is 1. The molecule has 1 N–H and O–H groups in total. The molecule has 0 radical (unpaired) electrons. The summed E-state index contributed by atoms with van der Waals surface area (Å²) in [6.07, 6.45) is 2.67. The van der Waals surface area contributed by atoms with Crippen LogP contribution in [0.4, 0.5) is 0 Å². The molecule has 1 rings (SSSR count). The molecule has 1 nitrogen and oxygen atoms in total. The van der Waals surface area contributed by atoms with Gasteiger partial charge in [-0.25, -0.2) is 0 Å². The van der Waals surface area contributed by atoms with E-state index in [1.807, 2.05) is 0 Å². The van der Waals surface area contributed by atoms with Gasteiger partial charge in [-0.05, 0) is 37.0 Å². The van der Waals surface area contributed by atoms with E-state index in [4.69, 9.17) is 0 Å². The minimum Gasteiger partial charge on any atom is -0.313 e. The zero-order valence-corrected chi connectivity index (χ0v) is 10.9. The van der Waals surface area contributed by atoms with Gasteiger partial charge in [0.25, 0.3) is 0 Å². The maximum absolute atomic E-state index is 3.72. The van der Waals surface area contributed by atoms with Crippen LogP contribution in [0.2, 0.25) is 0 Å². The molecule has 0 aromatic carbocycles. The van der Waals surface area contributed by atoms with E-state index in [9.17, 15) is 0 Å². The predicted octanol–water partition coefficient (Wildman–Crippen LogP) is 3.15. The second-order valence-corrected chi connectivity index (χ2v) is 6.41. The van der Waals surface area contributed by atoms with Gasteiger partial charge < -0.3 is 5.32 Å². The Labute approximate surface area is 93.4 Å². The highest BCUT2D eigenvalue weighted by Crippen LogP contribution is 2.28. The van der Waals surface area contributed by atoms with Crippen LogP contribution in [0, 0.1) is 11.8 Å². The maximum Gasteiger partial charge on any atom is 0.0224 e. The third-order valence-electron chi connectivity index (χ3n) is 2.82. The molecule has 2 heteroatoms. The van der Waals surface area contributed by atoms with Gasteiger partial charge in [0, 0.05) is 11.3 Å². The van der Waals surface area contributed by atoms with E-state index in [1.54, 1.807) is 0 Å². The summed E-state index contributed by atoms with van der Waals surface area (Å²) in [5, 5.41) is 4.54. The molecule has 0 aromatic rings. The lowest BCUT2D eigenvalue weighted by Gasteiger charge is -2.29. The number of nitrogens with one attached hydrogen (secondary N) is 1. The van der Waals surface area contributed by atoms with Gasteiger partial charge in [0.2, 0.25) is 0 Å². The second kappa shape index (κ2) is 6.02. The van der Waals surface area contributed by atoms with Gasteiger partial charge in [0.05, 0.1) is 0 Å². The van der Waals surface area contributed by atoms with Crippen LogP contribution in [0.25, 0.3) is 0 Å². The van der Waals surface area contributed by atoms with Crippen molar-refractivity contribution in [3.05, 3.63) is 0 Å². The average Bonchev–Trinajstić information content (AvgIpc) is 2.28. The molecule has 1 fully saturated rings. The molecule has 0 spiro atoms. The third-order valence-corrected chi connectivity index (χ3v) is 4.60. The molecule has 0 amide bonds. The summed E-state index contributed by atoms with van der Waals surface area (Å²) >= 11 is 2.18. The highest BCUT2D eigenvalue weighted by atomic mass is 32.2. The molecule has 0 aliphatic carbocycles. The Hall–Kier alpha value is 0.310. The molecular weight excluding hydrogens is 190 g/mol. The van der Waals surface area contributed by atoms with Gasteiger partial charge in [0.15, 0.2) is 0 Å². The van der Waals surface area contributed by atoms with Crippen LogP contribution in [0.15, 0.2) is 0 Å². The van der Waals surface area contributed by atoms with Crippen molar-refractivity contribution in [3.63, 3.8) is 0 Å². The third kappa shape index (κ3) is 3.82. The van der Waals surface area contributed by atoms with E-state index < -0.39 is 0 Å². The first kappa shape index (κ1) is 12.4. The van der Waals surface area contributed by atoms with Crippen LogP contribution in [0.5, 0.6) is 0 Å². The lowest BCUT2D eigenvalue weighted by atomic mass is 9.95. The van der Waals surface area contributed by atoms with Crippen molar-refractivity contribution < 1.29 is 0 Å². The maximum atomic E-state index is 3.72. The summed E-state index contributed by atoms with van der Waals surface area (Å²) in [4.78, 5) is 0. The fraction of sp³-hybridized carbons (Fsp3) is 1.00. The molecule has 2 unspecified atom stereocenters. The quantitative estimate of drug-likeness (QED) is 0.776. The monoisotopic (exact) mass is 215 g/mol. The molecule has 0 bridgehead atoms. The number of rotatable bonds is 3. The minimum atomic E-state index is 0.738. The fourth-order valence-electron chi connectivity index (χ4n) is 2.19. The van der Waals surface area contributed by atoms with Crippen LogP contribution in [-0.4, -0.2) is 23.6 Å². The Morgan fingerprint density at radius 2 is 2.00 bits per heavy atom. The normalized spacial score (nSPS) is 29.6. The Morgan fingerprint density at radius 1 is 1.29 bits per heavy atom. The molecule has 2 atom stereocenters. The number of thioether (sulfide) groups is 1. The summed E-state index contributed by atoms with van der Waals surface area (Å²) < 4.78 is 0. The zero-order chi connectivity index (χ0) is 10.6. The van der Waals surface area contributed by atoms with Gasteiger partial charge in [-0.15, -0.1) is 0 Å². The Morgan fingerprint density at radius 3 is 2.57 bits per heavy atom. The first-order valence-electron chi connectivity index (χ1n) is 5.96. The Kier molecular flexibility index (Phi) is 5.32. The lowest BCUT2D eigenvalue weighted by Crippen LogP contribution is -2.40. The molecular formula is C12H25NS. The zero-order valence-electron chi connectivity index (χ0n) is 10.0. The van der Waals surface area contributed by atoms with E-state index in [0.717, 1.165) is 23.1 Å². The van der Waals surface area contributed by atoms with E-state index >= 15 is 0 Å². The topological polar surface area (TPSA) is 12.0 Å². The molecule has 1 heterocycles. The average molecular weight is 215 g/mol. The SMILES string of the molecule is CC(C)CC1NCCCSC1C(C)C. The second-order valence-electron chi connectivity index (χ2n) is 5.12. The summed E-state index contributed by atoms with van der Waals surface area (Å²) in [6.45, 7) is 10.6. The molecule has 0 saturated carbocycles. The van der Waals surface area contributed by atoms with Crippen molar-refractivity contribution in [3.8, 4) is 0 Å². The molecule has 14 heavy (non-hydrogen) atoms. The largest absolute Gasteiger partial charge is 0.313 e. The van der Waals surface area contributed by atoms with E-state index in [0.29, 0.717) is 0 Å². The lowest BCUT2D eigenvalue weighted by molar-refractivity contribution is 0.376. The van der Waals surface area contributed by atoms with E-state index in [1.165, 1.54) is 25.1 Å².